The summed E-state index contributed by atoms with van der Waals surface area (Å²) in [6, 6.07) is 12.3. The van der Waals surface area contributed by atoms with Gasteiger partial charge >= 0.3 is 0 Å². The molecule has 1 N–H and O–H groups in total. The Hall–Kier alpha value is -1.58. The van der Waals surface area contributed by atoms with Crippen LogP contribution in [0.5, 0.6) is 5.75 Å². The van der Waals surface area contributed by atoms with Crippen LogP contribution < -0.4 is 10.1 Å². The van der Waals surface area contributed by atoms with Crippen LogP contribution in [0, 0.1) is 5.82 Å². The lowest BCUT2D eigenvalue weighted by Crippen LogP contribution is -2.13. The Kier molecular flexibility index (Phi) is 6.03. The predicted molar refractivity (Wildman–Crippen MR) is 84.2 cm³/mol. The fourth-order valence-electron chi connectivity index (χ4n) is 1.99. The van der Waals surface area contributed by atoms with Crippen molar-refractivity contribution in [3.8, 4) is 5.75 Å². The van der Waals surface area contributed by atoms with Crippen LogP contribution >= 0.6 is 11.6 Å². The fraction of sp³-hybridized carbons (Fsp3) is 0.294. The smallest absolute Gasteiger partial charge is 0.138 e. The lowest BCUT2D eigenvalue weighted by Gasteiger charge is -2.10. The van der Waals surface area contributed by atoms with E-state index in [1.807, 2.05) is 12.1 Å². The number of rotatable bonds is 7. The van der Waals surface area contributed by atoms with Crippen molar-refractivity contribution in [2.24, 2.45) is 0 Å². The minimum absolute atomic E-state index is 0.288. The van der Waals surface area contributed by atoms with Crippen molar-refractivity contribution >= 4 is 11.6 Å². The third-order valence-corrected chi connectivity index (χ3v) is 3.33. The second-order valence-corrected chi connectivity index (χ2v) is 5.27. The van der Waals surface area contributed by atoms with Gasteiger partial charge in [-0.25, -0.2) is 4.39 Å². The molecule has 0 amide bonds. The molecule has 0 bridgehead atoms. The molecule has 0 saturated carbocycles. The zero-order valence-corrected chi connectivity index (χ0v) is 12.8. The summed E-state index contributed by atoms with van der Waals surface area (Å²) < 4.78 is 18.6. The van der Waals surface area contributed by atoms with Crippen LogP contribution in [-0.4, -0.2) is 6.54 Å². The summed E-state index contributed by atoms with van der Waals surface area (Å²) in [4.78, 5) is 0. The molecule has 0 aliphatic carbocycles. The number of hydrogen-bond acceptors (Lipinski definition) is 2. The third kappa shape index (κ3) is 5.03. The van der Waals surface area contributed by atoms with Crippen LogP contribution in [0.2, 0.25) is 5.02 Å². The monoisotopic (exact) mass is 307 g/mol. The van der Waals surface area contributed by atoms with Crippen molar-refractivity contribution < 1.29 is 9.13 Å². The van der Waals surface area contributed by atoms with E-state index < -0.39 is 0 Å². The van der Waals surface area contributed by atoms with E-state index in [-0.39, 0.29) is 10.8 Å². The lowest BCUT2D eigenvalue weighted by molar-refractivity contribution is 0.306. The first kappa shape index (κ1) is 15.8. The Bertz CT molecular complexity index is 589. The van der Waals surface area contributed by atoms with Crippen molar-refractivity contribution in [3.05, 3.63) is 64.4 Å². The first-order valence-corrected chi connectivity index (χ1v) is 7.43. The highest BCUT2D eigenvalue weighted by atomic mass is 35.5. The van der Waals surface area contributed by atoms with Crippen LogP contribution in [-0.2, 0) is 13.2 Å². The highest BCUT2D eigenvalue weighted by Gasteiger charge is 2.04. The van der Waals surface area contributed by atoms with E-state index in [1.54, 1.807) is 6.07 Å². The molecule has 0 atom stereocenters. The molecule has 0 aliphatic heterocycles. The SMILES string of the molecule is CCCNCc1cccc(COc2ccc(F)cc2Cl)c1. The Morgan fingerprint density at radius 2 is 1.95 bits per heavy atom. The number of benzene rings is 2. The summed E-state index contributed by atoms with van der Waals surface area (Å²) in [6.07, 6.45) is 1.12. The number of hydrogen-bond donors (Lipinski definition) is 1. The van der Waals surface area contributed by atoms with Crippen molar-refractivity contribution in [1.82, 2.24) is 5.32 Å². The van der Waals surface area contributed by atoms with Gasteiger partial charge in [-0.05, 0) is 42.3 Å². The average molecular weight is 308 g/mol. The minimum atomic E-state index is -0.364. The lowest BCUT2D eigenvalue weighted by atomic mass is 10.1. The van der Waals surface area contributed by atoms with Gasteiger partial charge in [0.2, 0.25) is 0 Å². The van der Waals surface area contributed by atoms with Gasteiger partial charge in [0.15, 0.2) is 0 Å². The van der Waals surface area contributed by atoms with Gasteiger partial charge in [-0.2, -0.15) is 0 Å². The van der Waals surface area contributed by atoms with Crippen molar-refractivity contribution in [2.75, 3.05) is 6.54 Å². The first-order valence-electron chi connectivity index (χ1n) is 7.05. The van der Waals surface area contributed by atoms with E-state index >= 15 is 0 Å². The van der Waals surface area contributed by atoms with E-state index in [9.17, 15) is 4.39 Å². The topological polar surface area (TPSA) is 21.3 Å². The molecule has 112 valence electrons. The second kappa shape index (κ2) is 8.01. The summed E-state index contributed by atoms with van der Waals surface area (Å²) in [5.74, 6) is 0.129. The Morgan fingerprint density at radius 3 is 2.71 bits per heavy atom. The minimum Gasteiger partial charge on any atom is -0.487 e. The Balaban J connectivity index is 1.95. The molecule has 0 heterocycles. The summed E-state index contributed by atoms with van der Waals surface area (Å²) in [5.41, 5.74) is 2.28. The van der Waals surface area contributed by atoms with E-state index in [2.05, 4.69) is 24.4 Å². The molecule has 2 aromatic rings. The van der Waals surface area contributed by atoms with Crippen molar-refractivity contribution in [2.45, 2.75) is 26.5 Å². The van der Waals surface area contributed by atoms with Crippen LogP contribution in [0.1, 0.15) is 24.5 Å². The van der Waals surface area contributed by atoms with Gasteiger partial charge in [0.25, 0.3) is 0 Å². The van der Waals surface area contributed by atoms with Crippen LogP contribution in [0.4, 0.5) is 4.39 Å². The molecule has 0 aliphatic rings. The summed E-state index contributed by atoms with van der Waals surface area (Å²) in [7, 11) is 0. The van der Waals surface area contributed by atoms with E-state index in [4.69, 9.17) is 16.3 Å². The van der Waals surface area contributed by atoms with Gasteiger partial charge in [0, 0.05) is 6.54 Å². The van der Waals surface area contributed by atoms with Gasteiger partial charge in [0.1, 0.15) is 18.2 Å². The number of ether oxygens (including phenoxy) is 1. The maximum Gasteiger partial charge on any atom is 0.138 e. The van der Waals surface area contributed by atoms with Crippen LogP contribution in [0.15, 0.2) is 42.5 Å². The van der Waals surface area contributed by atoms with E-state index in [0.717, 1.165) is 25.1 Å². The van der Waals surface area contributed by atoms with E-state index in [1.165, 1.54) is 17.7 Å². The molecule has 2 rings (SSSR count). The standard InChI is InChI=1S/C17H19ClFNO/c1-2-8-20-11-13-4-3-5-14(9-13)12-21-17-7-6-15(19)10-16(17)18/h3-7,9-10,20H,2,8,11-12H2,1H3. The second-order valence-electron chi connectivity index (χ2n) is 4.86. The van der Waals surface area contributed by atoms with Crippen LogP contribution in [0.3, 0.4) is 0 Å². The van der Waals surface area contributed by atoms with Gasteiger partial charge < -0.3 is 10.1 Å². The van der Waals surface area contributed by atoms with Gasteiger partial charge in [0.05, 0.1) is 5.02 Å². The highest BCUT2D eigenvalue weighted by Crippen LogP contribution is 2.25. The third-order valence-electron chi connectivity index (χ3n) is 3.04. The molecule has 0 unspecified atom stereocenters. The molecule has 0 spiro atoms. The molecular formula is C17H19ClFNO. The Morgan fingerprint density at radius 1 is 1.14 bits per heavy atom. The highest BCUT2D eigenvalue weighted by molar-refractivity contribution is 6.32. The molecule has 0 radical (unpaired) electrons. The number of halogens is 2. The largest absolute Gasteiger partial charge is 0.487 e. The Labute approximate surface area is 129 Å². The molecule has 2 aromatic carbocycles. The average Bonchev–Trinajstić information content (AvgIpc) is 2.47. The normalized spacial score (nSPS) is 10.6. The van der Waals surface area contributed by atoms with Gasteiger partial charge in [-0.3, -0.25) is 0 Å². The fourth-order valence-corrected chi connectivity index (χ4v) is 2.21. The van der Waals surface area contributed by atoms with Crippen molar-refractivity contribution in [1.29, 1.82) is 0 Å². The zero-order chi connectivity index (χ0) is 15.1. The summed E-state index contributed by atoms with van der Waals surface area (Å²) in [6.45, 7) is 4.40. The van der Waals surface area contributed by atoms with Gasteiger partial charge in [-0.1, -0.05) is 42.8 Å². The quantitative estimate of drug-likeness (QED) is 0.757. The predicted octanol–water partition coefficient (Wildman–Crippen LogP) is 4.56. The molecule has 2 nitrogen and oxygen atoms in total. The summed E-state index contributed by atoms with van der Waals surface area (Å²) in [5, 5.41) is 3.65. The number of nitrogens with one attached hydrogen (secondary N) is 1. The van der Waals surface area contributed by atoms with Crippen LogP contribution in [0.25, 0.3) is 0 Å². The molecule has 21 heavy (non-hydrogen) atoms. The first-order chi connectivity index (χ1) is 10.2. The zero-order valence-electron chi connectivity index (χ0n) is 12.0. The molecule has 0 aromatic heterocycles. The van der Waals surface area contributed by atoms with E-state index in [0.29, 0.717) is 12.4 Å². The molecule has 0 saturated heterocycles. The maximum atomic E-state index is 13.0. The molecule has 4 heteroatoms. The summed E-state index contributed by atoms with van der Waals surface area (Å²) >= 11 is 5.94. The molecular weight excluding hydrogens is 289 g/mol. The molecule has 0 fully saturated rings. The van der Waals surface area contributed by atoms with Crippen molar-refractivity contribution in [3.63, 3.8) is 0 Å². The maximum absolute atomic E-state index is 13.0. The van der Waals surface area contributed by atoms with Gasteiger partial charge in [-0.15, -0.1) is 0 Å².